The van der Waals surface area contributed by atoms with E-state index in [0.29, 0.717) is 18.8 Å². The summed E-state index contributed by atoms with van der Waals surface area (Å²) in [6.45, 7) is 2.69. The van der Waals surface area contributed by atoms with Crippen LogP contribution in [0.1, 0.15) is 18.1 Å². The van der Waals surface area contributed by atoms with Crippen LogP contribution in [0.25, 0.3) is 0 Å². The fourth-order valence-electron chi connectivity index (χ4n) is 3.18. The van der Waals surface area contributed by atoms with Crippen LogP contribution in [0.15, 0.2) is 41.5 Å². The molecule has 2 aromatic rings. The van der Waals surface area contributed by atoms with Gasteiger partial charge in [-0.05, 0) is 42.7 Å². The van der Waals surface area contributed by atoms with Gasteiger partial charge in [-0.15, -0.1) is 0 Å². The fraction of sp³-hybridized carbons (Fsp3) is 0.350. The van der Waals surface area contributed by atoms with E-state index in [2.05, 4.69) is 15.4 Å². The van der Waals surface area contributed by atoms with E-state index in [1.807, 2.05) is 37.3 Å². The van der Waals surface area contributed by atoms with Crippen LogP contribution in [0, 0.1) is 5.92 Å². The van der Waals surface area contributed by atoms with Gasteiger partial charge in [-0.1, -0.05) is 12.1 Å². The summed E-state index contributed by atoms with van der Waals surface area (Å²) >= 11 is 0. The van der Waals surface area contributed by atoms with Gasteiger partial charge in [0.25, 0.3) is 0 Å². The van der Waals surface area contributed by atoms with Gasteiger partial charge in [0.1, 0.15) is 36.4 Å². The molecule has 2 atom stereocenters. The number of hydrogen-bond donors (Lipinski definition) is 2. The number of rotatable bonds is 6. The number of hydrogen-bond acceptors (Lipinski definition) is 7. The average Bonchev–Trinajstić information content (AvgIpc) is 3.14. The van der Waals surface area contributed by atoms with Crippen LogP contribution in [0.4, 0.5) is 5.82 Å². The standard InChI is InChI=1S/C20H22N4O4/c1-13-22-12-24(23-13)19-5-4-17(10-21-19)27-7-6-14-2-3-15-9-16(20(25)26)11-28-18(15)8-14/h2-5,8,10,12-13,16,23H,6-7,9,11H2,1H3,(H,25,26). The van der Waals surface area contributed by atoms with Gasteiger partial charge in [0.2, 0.25) is 0 Å². The van der Waals surface area contributed by atoms with Crippen LogP contribution in [-0.4, -0.2) is 41.8 Å². The molecule has 2 aliphatic heterocycles. The first-order valence-electron chi connectivity index (χ1n) is 9.23. The van der Waals surface area contributed by atoms with E-state index in [4.69, 9.17) is 14.6 Å². The number of carbonyl (C=O) groups is 1. The highest BCUT2D eigenvalue weighted by Gasteiger charge is 2.25. The van der Waals surface area contributed by atoms with E-state index >= 15 is 0 Å². The van der Waals surface area contributed by atoms with E-state index in [1.165, 1.54) is 0 Å². The van der Waals surface area contributed by atoms with Crippen LogP contribution in [0.2, 0.25) is 0 Å². The number of nitrogens with one attached hydrogen (secondary N) is 1. The predicted molar refractivity (Wildman–Crippen MR) is 104 cm³/mol. The minimum atomic E-state index is -0.815. The van der Waals surface area contributed by atoms with E-state index in [1.54, 1.807) is 17.5 Å². The smallest absolute Gasteiger partial charge is 0.310 e. The molecule has 8 heteroatoms. The normalized spacial score (nSPS) is 20.5. The Kier molecular flexibility index (Phi) is 5.12. The minimum Gasteiger partial charge on any atom is -0.492 e. The first kappa shape index (κ1) is 18.2. The molecule has 1 aromatic carbocycles. The fourth-order valence-corrected chi connectivity index (χ4v) is 3.18. The molecule has 4 rings (SSSR count). The molecule has 1 aromatic heterocycles. The topological polar surface area (TPSA) is 96.3 Å². The Balaban J connectivity index is 1.30. The van der Waals surface area contributed by atoms with Gasteiger partial charge in [-0.25, -0.2) is 15.4 Å². The largest absolute Gasteiger partial charge is 0.492 e. The van der Waals surface area contributed by atoms with Gasteiger partial charge in [0, 0.05) is 6.42 Å². The quantitative estimate of drug-likeness (QED) is 0.789. The first-order valence-corrected chi connectivity index (χ1v) is 9.23. The van der Waals surface area contributed by atoms with Gasteiger partial charge in [-0.2, -0.15) is 0 Å². The molecule has 3 heterocycles. The number of fused-ring (bicyclic) bond motifs is 1. The molecule has 0 spiro atoms. The molecular weight excluding hydrogens is 360 g/mol. The van der Waals surface area contributed by atoms with Gasteiger partial charge < -0.3 is 14.6 Å². The lowest BCUT2D eigenvalue weighted by atomic mass is 9.95. The summed E-state index contributed by atoms with van der Waals surface area (Å²) < 4.78 is 11.4. The first-order chi connectivity index (χ1) is 13.6. The highest BCUT2D eigenvalue weighted by Crippen LogP contribution is 2.28. The highest BCUT2D eigenvalue weighted by molar-refractivity contribution is 5.78. The average molecular weight is 382 g/mol. The Bertz CT molecular complexity index is 884. The Labute approximate surface area is 162 Å². The monoisotopic (exact) mass is 382 g/mol. The van der Waals surface area contributed by atoms with E-state index in [0.717, 1.165) is 29.1 Å². The van der Waals surface area contributed by atoms with Crippen molar-refractivity contribution in [1.29, 1.82) is 0 Å². The maximum Gasteiger partial charge on any atom is 0.310 e. The molecule has 146 valence electrons. The van der Waals surface area contributed by atoms with Crippen molar-refractivity contribution in [2.45, 2.75) is 25.9 Å². The molecule has 0 aliphatic carbocycles. The van der Waals surface area contributed by atoms with Crippen molar-refractivity contribution >= 4 is 18.1 Å². The van der Waals surface area contributed by atoms with Crippen molar-refractivity contribution in [1.82, 2.24) is 10.4 Å². The SMILES string of the molecule is CC1N=CN(c2ccc(OCCc3ccc4c(c3)OCC(C(=O)O)C4)cn2)N1. The van der Waals surface area contributed by atoms with Crippen LogP contribution in [0.3, 0.4) is 0 Å². The molecule has 0 radical (unpaired) electrons. The summed E-state index contributed by atoms with van der Waals surface area (Å²) in [4.78, 5) is 19.7. The maximum absolute atomic E-state index is 11.1. The van der Waals surface area contributed by atoms with E-state index in [9.17, 15) is 4.79 Å². The number of nitrogens with zero attached hydrogens (tertiary/aromatic N) is 3. The second-order valence-electron chi connectivity index (χ2n) is 6.88. The Morgan fingerprint density at radius 3 is 3.00 bits per heavy atom. The van der Waals surface area contributed by atoms with Crippen LogP contribution in [-0.2, 0) is 17.6 Å². The summed E-state index contributed by atoms with van der Waals surface area (Å²) in [5, 5.41) is 10.9. The van der Waals surface area contributed by atoms with E-state index in [-0.39, 0.29) is 12.8 Å². The van der Waals surface area contributed by atoms with Gasteiger partial charge in [-0.3, -0.25) is 9.79 Å². The summed E-state index contributed by atoms with van der Waals surface area (Å²) in [6.07, 6.45) is 4.68. The lowest BCUT2D eigenvalue weighted by Gasteiger charge is -2.23. The number of aliphatic imine (C=N–C) groups is 1. The van der Waals surface area contributed by atoms with Gasteiger partial charge in [0.05, 0.1) is 18.7 Å². The lowest BCUT2D eigenvalue weighted by molar-refractivity contribution is -0.143. The van der Waals surface area contributed by atoms with Crippen molar-refractivity contribution in [3.8, 4) is 11.5 Å². The molecule has 8 nitrogen and oxygen atoms in total. The Hall–Kier alpha value is -3.13. The number of hydrazine groups is 1. The summed E-state index contributed by atoms with van der Waals surface area (Å²) in [5.41, 5.74) is 5.18. The molecule has 2 unspecified atom stereocenters. The number of anilines is 1. The summed E-state index contributed by atoms with van der Waals surface area (Å²) in [5.74, 6) is 0.945. The third kappa shape index (κ3) is 4.07. The highest BCUT2D eigenvalue weighted by atomic mass is 16.5. The maximum atomic E-state index is 11.1. The van der Waals surface area contributed by atoms with Crippen LogP contribution in [0.5, 0.6) is 11.5 Å². The summed E-state index contributed by atoms with van der Waals surface area (Å²) in [7, 11) is 0. The number of ether oxygens (including phenoxy) is 2. The number of carboxylic acid groups (broad SMARTS) is 1. The van der Waals surface area contributed by atoms with Crippen molar-refractivity contribution < 1.29 is 19.4 Å². The number of aromatic nitrogens is 1. The zero-order valence-corrected chi connectivity index (χ0v) is 15.5. The zero-order chi connectivity index (χ0) is 19.5. The van der Waals surface area contributed by atoms with Gasteiger partial charge >= 0.3 is 5.97 Å². The predicted octanol–water partition coefficient (Wildman–Crippen LogP) is 2.04. The summed E-state index contributed by atoms with van der Waals surface area (Å²) in [6, 6.07) is 9.66. The number of aliphatic carboxylic acids is 1. The number of benzene rings is 1. The van der Waals surface area contributed by atoms with Gasteiger partial charge in [0.15, 0.2) is 0 Å². The molecule has 0 saturated heterocycles. The Morgan fingerprint density at radius 1 is 1.39 bits per heavy atom. The number of pyridine rings is 1. The zero-order valence-electron chi connectivity index (χ0n) is 15.5. The lowest BCUT2D eigenvalue weighted by Crippen LogP contribution is -2.35. The third-order valence-corrected chi connectivity index (χ3v) is 4.75. The van der Waals surface area contributed by atoms with E-state index < -0.39 is 11.9 Å². The second-order valence-corrected chi connectivity index (χ2v) is 6.88. The third-order valence-electron chi connectivity index (χ3n) is 4.75. The molecule has 2 N–H and O–H groups in total. The molecule has 2 aliphatic rings. The molecular formula is C20H22N4O4. The van der Waals surface area contributed by atoms with Crippen LogP contribution < -0.4 is 19.9 Å². The van der Waals surface area contributed by atoms with Crippen molar-refractivity contribution in [2.75, 3.05) is 18.2 Å². The second kappa shape index (κ2) is 7.85. The molecule has 0 fully saturated rings. The van der Waals surface area contributed by atoms with Crippen molar-refractivity contribution in [3.63, 3.8) is 0 Å². The molecule has 0 bridgehead atoms. The van der Waals surface area contributed by atoms with Crippen molar-refractivity contribution in [2.24, 2.45) is 10.9 Å². The number of carboxylic acids is 1. The minimum absolute atomic E-state index is 0.0494. The molecule has 0 saturated carbocycles. The van der Waals surface area contributed by atoms with Crippen molar-refractivity contribution in [3.05, 3.63) is 47.7 Å². The Morgan fingerprint density at radius 2 is 2.29 bits per heavy atom. The van der Waals surface area contributed by atoms with Crippen LogP contribution >= 0.6 is 0 Å². The molecule has 28 heavy (non-hydrogen) atoms. The molecule has 0 amide bonds.